The molecule has 5 fully saturated rings. The van der Waals surface area contributed by atoms with Crippen LogP contribution in [0.2, 0.25) is 15.5 Å². The fourth-order valence-electron chi connectivity index (χ4n) is 14.3. The van der Waals surface area contributed by atoms with E-state index in [9.17, 15) is 54.0 Å². The molecule has 0 aliphatic carbocycles. The van der Waals surface area contributed by atoms with Crippen LogP contribution in [0.3, 0.4) is 0 Å². The fraction of sp³-hybridized carbons (Fsp3) is 0.516. The lowest BCUT2D eigenvalue weighted by molar-refractivity contribution is -0.146. The number of amides is 3. The molecule has 45 nitrogen and oxygen atoms in total. The van der Waals surface area contributed by atoms with Gasteiger partial charge in [-0.1, -0.05) is 160 Å². The zero-order valence-corrected chi connectivity index (χ0v) is 86.7. The third kappa shape index (κ3) is 39.3. The summed E-state index contributed by atoms with van der Waals surface area (Å²) in [6.07, 6.45) is 3.72. The van der Waals surface area contributed by atoms with E-state index < -0.39 is 83.7 Å². The van der Waals surface area contributed by atoms with Crippen molar-refractivity contribution in [3.8, 4) is 39.8 Å². The minimum atomic E-state index is -1.60. The van der Waals surface area contributed by atoms with Gasteiger partial charge in [0.15, 0.2) is 44.5 Å². The Hall–Kier alpha value is -12.5. The number of phenols is 3. The Balaban J connectivity index is 0.000000265. The Labute approximate surface area is 854 Å². The number of rotatable bonds is 17. The van der Waals surface area contributed by atoms with Gasteiger partial charge in [-0.2, -0.15) is 0 Å². The van der Waals surface area contributed by atoms with Gasteiger partial charge in [-0.3, -0.25) is 4.79 Å². The van der Waals surface area contributed by atoms with Crippen molar-refractivity contribution in [3.63, 3.8) is 0 Å². The molecule has 4 atom stereocenters. The number of nitrogens with one attached hydrogen (secondary N) is 4. The lowest BCUT2D eigenvalue weighted by Crippen LogP contribution is -2.51. The van der Waals surface area contributed by atoms with Crippen molar-refractivity contribution in [1.82, 2.24) is 72.3 Å². The van der Waals surface area contributed by atoms with Crippen LogP contribution in [-0.4, -0.2) is 282 Å². The number of piperidine rings is 5. The summed E-state index contributed by atoms with van der Waals surface area (Å²) in [5.74, 6) is -0.769. The van der Waals surface area contributed by atoms with Crippen molar-refractivity contribution in [1.29, 1.82) is 0 Å². The summed E-state index contributed by atoms with van der Waals surface area (Å²) in [6, 6.07) is 25.2. The molecule has 5 saturated heterocycles. The summed E-state index contributed by atoms with van der Waals surface area (Å²) in [6.45, 7) is 29.0. The predicted octanol–water partition coefficient (Wildman–Crippen LogP) is 8.82. The van der Waals surface area contributed by atoms with Crippen LogP contribution in [0.1, 0.15) is 147 Å². The fourth-order valence-corrected chi connectivity index (χ4v) is 15.2. The number of carboxylic acid groups (broad SMARTS) is 1. The molecule has 24 N–H and O–H groups in total. The second-order valence-corrected chi connectivity index (χ2v) is 39.8. The van der Waals surface area contributed by atoms with Crippen molar-refractivity contribution >= 4 is 157 Å². The highest BCUT2D eigenvalue weighted by Gasteiger charge is 2.39. The number of halogens is 4. The number of hydrogen-bond acceptors (Lipinski definition) is 41. The highest BCUT2D eigenvalue weighted by atomic mass is 79.9. The van der Waals surface area contributed by atoms with Crippen molar-refractivity contribution in [3.05, 3.63) is 123 Å². The highest BCUT2D eigenvalue weighted by molar-refractivity contribution is 9.10. The van der Waals surface area contributed by atoms with E-state index in [-0.39, 0.29) is 81.4 Å². The first-order chi connectivity index (χ1) is 67.1. The topological polar surface area (TPSA) is 683 Å². The number of aromatic nitrogens is 10. The smallest absolute Gasteiger partial charge is 0.492 e. The SMILES string of the molecule is CC(C)(C)[C@H](NC(=O)OC1CCN(c2cc(-c3ccccc3O)nnc2N)CC1)C(=O)O.COC(=O)[C@@H](N)C(C)(C)C.COC(=O)[C@@H](NC(=O)OC1CCN(c2cc(-c3ccccc3O)nnc2N)CC1)C(C)(C)C.COC(=O)[C@@H](NC(=O)OC1CCN(c2cc(Cl)nnc2N)CC1)C(C)(C)C.Nc1nnc(Cl)cc1Br.Nc1nnc(Cl)cc1N1CCC(O)CC1.OB(O)c1ccccc1O.OC1CCNCC1. The number of aromatic hydroxyl groups is 3. The minimum Gasteiger partial charge on any atom is -0.508 e. The molecular weight excluding hydrogens is 1990 g/mol. The minimum absolute atomic E-state index is 0.0266. The first-order valence-corrected chi connectivity index (χ1v) is 47.8. The van der Waals surface area contributed by atoms with E-state index in [1.54, 1.807) is 106 Å². The number of methoxy groups -OCH3 is 3. The zero-order valence-electron chi connectivity index (χ0n) is 82.9. The Bertz CT molecular complexity index is 5430. The van der Waals surface area contributed by atoms with Crippen LogP contribution in [0, 0.1) is 21.7 Å². The average molecular weight is 2120 g/mol. The Kier molecular flexibility index (Phi) is 47.1. The van der Waals surface area contributed by atoms with E-state index in [4.69, 9.17) is 113 Å². The molecule has 50 heteroatoms. The van der Waals surface area contributed by atoms with Gasteiger partial charge in [0.25, 0.3) is 0 Å². The van der Waals surface area contributed by atoms with E-state index in [1.807, 2.05) is 78.2 Å². The number of nitrogen functional groups attached to an aromatic ring is 5. The number of benzene rings is 3. The molecule has 784 valence electrons. The molecule has 3 aromatic carbocycles. The predicted molar refractivity (Wildman–Crippen MR) is 548 cm³/mol. The second-order valence-electron chi connectivity index (χ2n) is 37.8. The van der Waals surface area contributed by atoms with Crippen LogP contribution in [0.25, 0.3) is 22.5 Å². The van der Waals surface area contributed by atoms with Gasteiger partial charge < -0.3 is 144 Å². The number of carbonyl (C=O) groups is 7. The number of hydrogen-bond donors (Lipinski definition) is 18. The van der Waals surface area contributed by atoms with Crippen LogP contribution in [0.4, 0.5) is 66.2 Å². The molecule has 3 amide bonds. The van der Waals surface area contributed by atoms with Crippen molar-refractivity contribution < 1.29 is 103 Å². The molecule has 0 saturated carbocycles. The Morgan fingerprint density at radius 2 is 0.706 bits per heavy atom. The number of carbonyl (C=O) groups excluding carboxylic acids is 6. The Morgan fingerprint density at radius 3 is 0.979 bits per heavy atom. The summed E-state index contributed by atoms with van der Waals surface area (Å²) in [7, 11) is 2.32. The number of alkyl carbamates (subject to hydrolysis) is 3. The first kappa shape index (κ1) is 119. The monoisotopic (exact) mass is 2120 g/mol. The van der Waals surface area contributed by atoms with E-state index in [2.05, 4.69) is 103 Å². The first-order valence-electron chi connectivity index (χ1n) is 45.8. The zero-order chi connectivity index (χ0) is 107. The van der Waals surface area contributed by atoms with Crippen molar-refractivity contribution in [2.24, 2.45) is 27.4 Å². The van der Waals surface area contributed by atoms with Gasteiger partial charge in [-0.15, -0.1) is 51.0 Å². The molecule has 5 aromatic heterocycles. The number of phenolic OH excluding ortho intramolecular Hbond substituents is 3. The highest BCUT2D eigenvalue weighted by Crippen LogP contribution is 2.37. The summed E-state index contributed by atoms with van der Waals surface area (Å²) in [5.41, 5.74) is 37.9. The molecule has 10 heterocycles. The molecule has 8 aromatic rings. The van der Waals surface area contributed by atoms with Gasteiger partial charge in [0.2, 0.25) is 0 Å². The van der Waals surface area contributed by atoms with Crippen LogP contribution < -0.4 is 80.7 Å². The summed E-state index contributed by atoms with van der Waals surface area (Å²) in [4.78, 5) is 91.3. The lowest BCUT2D eigenvalue weighted by Gasteiger charge is -2.34. The van der Waals surface area contributed by atoms with Gasteiger partial charge in [-0.25, -0.2) is 28.8 Å². The lowest BCUT2D eigenvalue weighted by atomic mass is 9.80. The number of nitrogens with two attached hydrogens (primary N) is 6. The average Bonchev–Trinajstić information content (AvgIpc) is 0.810. The number of aliphatic carboxylic acids is 1. The van der Waals surface area contributed by atoms with Gasteiger partial charge in [-0.05, 0) is 125 Å². The number of esters is 3. The van der Waals surface area contributed by atoms with Crippen LogP contribution in [0.5, 0.6) is 17.2 Å². The number of carboxylic acids is 1. The number of nitrogens with zero attached hydrogens (tertiary/aromatic N) is 14. The molecule has 0 radical (unpaired) electrons. The maximum atomic E-state index is 12.4. The van der Waals surface area contributed by atoms with Crippen molar-refractivity contribution in [2.75, 3.05) is 135 Å². The standard InChI is InChI=1S/C23H31N5O5.C22H29N5O5.C17H26ClN5O4.C9H13ClN4O.C7H15NO2.C6H7BO3.C5H11NO.C4H3BrClN3/c1-23(2,3)19(21(30)32-4)25-22(31)33-14-9-11-28(12-10-14)17-13-16(26-27-20(17)24)15-7-5-6-8-18(15)29;1-22(2,3)18(20(29)30)24-21(31)32-13-8-10-27(11-9-13)16-12-15(25-26-19(16)23)14-6-4-5-7-17(14)28;1-17(2,3)13(15(24)26-4)20-16(25)27-10-5-7-23(8-6-10)11-9-12(18)21-22-14(11)19;10-8-5-7(9(11)13-12-8)14-3-1-6(15)2-4-14;1-7(2,3)5(8)6(9)10-4;8-6-4-2-1-3-5(6)7(9)10;7-5-1-3-6-4-2-5;5-2-1-3(6)8-9-4(2)7/h5-8,13-14,19,29H,9-12H2,1-4H3,(H2,24,27)(H,25,31);4-7,12-13,18,28H,8-11H2,1-3H3,(H2,23,26)(H,24,31)(H,29,30);9-10,13H,5-8H2,1-4H3,(H2,19,22)(H,20,25);5-6,15H,1-4H2,(H2,11,13);5H,8H2,1-4H3;1-4,8-10H;5-7H,1-4H2;1H,(H2,7,9)/t19-;18-;13-;;5-;;;/m111.1.../s1. The van der Waals surface area contributed by atoms with Crippen LogP contribution >= 0.6 is 50.7 Å². The summed E-state index contributed by atoms with van der Waals surface area (Å²) < 4.78 is 31.2. The number of ether oxygens (including phenoxy) is 6. The van der Waals surface area contributed by atoms with E-state index in [1.165, 1.54) is 33.5 Å². The number of anilines is 9. The number of para-hydroxylation sites is 3. The largest absolute Gasteiger partial charge is 0.508 e. The van der Waals surface area contributed by atoms with Gasteiger partial charge in [0.05, 0.1) is 72.1 Å². The third-order valence-corrected chi connectivity index (χ3v) is 23.8. The van der Waals surface area contributed by atoms with Crippen LogP contribution in [0.15, 0.2) is 108 Å². The normalized spacial score (nSPS) is 15.7. The quantitative estimate of drug-likeness (QED) is 0.0230. The maximum absolute atomic E-state index is 12.4. The van der Waals surface area contributed by atoms with Crippen molar-refractivity contribution in [2.45, 2.75) is 202 Å². The molecule has 5 aliphatic rings. The van der Waals surface area contributed by atoms with E-state index in [0.29, 0.717) is 144 Å². The summed E-state index contributed by atoms with van der Waals surface area (Å²) >= 11 is 20.2. The van der Waals surface area contributed by atoms with Gasteiger partial charge in [0, 0.05) is 120 Å². The molecule has 0 bridgehead atoms. The number of aliphatic hydroxyl groups excluding tert-OH is 2. The van der Waals surface area contributed by atoms with Crippen LogP contribution in [-0.2, 0) is 47.6 Å². The number of aliphatic hydroxyl groups is 2. The maximum Gasteiger partial charge on any atom is 0.492 e. The molecule has 5 aliphatic heterocycles. The molecule has 143 heavy (non-hydrogen) atoms. The Morgan fingerprint density at radius 1 is 0.413 bits per heavy atom. The molecule has 0 unspecified atom stereocenters. The summed E-state index contributed by atoms with van der Waals surface area (Å²) in [5, 5.41) is 124. The van der Waals surface area contributed by atoms with E-state index >= 15 is 0 Å². The second kappa shape index (κ2) is 56.5. The van der Waals surface area contributed by atoms with E-state index in [0.717, 1.165) is 63.2 Å². The van der Waals surface area contributed by atoms with Gasteiger partial charge >= 0.3 is 49.3 Å². The third-order valence-electron chi connectivity index (χ3n) is 22.6. The van der Waals surface area contributed by atoms with Gasteiger partial charge in [0.1, 0.15) is 59.7 Å². The molecular formula is C93H135BBrCl3N24O21. The molecule has 13 rings (SSSR count). The molecule has 0 spiro atoms.